The summed E-state index contributed by atoms with van der Waals surface area (Å²) in [6, 6.07) is 7.36. The minimum absolute atomic E-state index is 0.243. The smallest absolute Gasteiger partial charge is 0.266 e. The standard InChI is InChI=1S/C17H19ClN2O2/c1-10-6-5-7-19-16(10)20-17(21)13(4)22-14-8-11(2)15(18)12(3)9-14/h5-9,13H,1-4H3,(H,19,20,21). The molecule has 0 aliphatic rings. The maximum atomic E-state index is 12.2. The molecule has 0 radical (unpaired) electrons. The number of ether oxygens (including phenoxy) is 1. The highest BCUT2D eigenvalue weighted by atomic mass is 35.5. The van der Waals surface area contributed by atoms with Crippen LogP contribution in [-0.4, -0.2) is 17.0 Å². The van der Waals surface area contributed by atoms with Gasteiger partial charge in [-0.25, -0.2) is 4.98 Å². The van der Waals surface area contributed by atoms with Crippen LogP contribution in [0.2, 0.25) is 5.02 Å². The monoisotopic (exact) mass is 318 g/mol. The molecule has 0 aliphatic carbocycles. The van der Waals surface area contributed by atoms with E-state index in [1.807, 2.05) is 45.0 Å². The van der Waals surface area contributed by atoms with Crippen LogP contribution >= 0.6 is 11.6 Å². The number of rotatable bonds is 4. The third-order valence-corrected chi connectivity index (χ3v) is 3.94. The highest BCUT2D eigenvalue weighted by Gasteiger charge is 2.17. The Labute approximate surface area is 135 Å². The van der Waals surface area contributed by atoms with Crippen molar-refractivity contribution >= 4 is 23.3 Å². The van der Waals surface area contributed by atoms with E-state index in [-0.39, 0.29) is 5.91 Å². The predicted octanol–water partition coefficient (Wildman–Crippen LogP) is 4.07. The Hall–Kier alpha value is -2.07. The Morgan fingerprint density at radius 2 is 1.86 bits per heavy atom. The van der Waals surface area contributed by atoms with Gasteiger partial charge in [-0.3, -0.25) is 4.79 Å². The second kappa shape index (κ2) is 6.79. The van der Waals surface area contributed by atoms with Crippen molar-refractivity contribution in [1.82, 2.24) is 4.98 Å². The molecule has 0 saturated heterocycles. The van der Waals surface area contributed by atoms with Crippen molar-refractivity contribution in [2.75, 3.05) is 5.32 Å². The summed E-state index contributed by atoms with van der Waals surface area (Å²) in [6.45, 7) is 7.40. The molecule has 0 bridgehead atoms. The van der Waals surface area contributed by atoms with E-state index < -0.39 is 6.10 Å². The number of anilines is 1. The largest absolute Gasteiger partial charge is 0.481 e. The van der Waals surface area contributed by atoms with Crippen molar-refractivity contribution in [3.05, 3.63) is 52.2 Å². The summed E-state index contributed by atoms with van der Waals surface area (Å²) in [5, 5.41) is 3.49. The number of carbonyl (C=O) groups is 1. The highest BCUT2D eigenvalue weighted by Crippen LogP contribution is 2.26. The van der Waals surface area contributed by atoms with Gasteiger partial charge in [0.05, 0.1) is 0 Å². The van der Waals surface area contributed by atoms with Gasteiger partial charge < -0.3 is 10.1 Å². The van der Waals surface area contributed by atoms with Crippen LogP contribution in [0.4, 0.5) is 5.82 Å². The van der Waals surface area contributed by atoms with Gasteiger partial charge in [-0.05, 0) is 62.6 Å². The fourth-order valence-electron chi connectivity index (χ4n) is 2.07. The molecule has 2 aromatic rings. The minimum atomic E-state index is -0.638. The zero-order valence-electron chi connectivity index (χ0n) is 13.1. The van der Waals surface area contributed by atoms with Gasteiger partial charge in [-0.2, -0.15) is 0 Å². The van der Waals surface area contributed by atoms with E-state index in [4.69, 9.17) is 16.3 Å². The number of nitrogens with one attached hydrogen (secondary N) is 1. The van der Waals surface area contributed by atoms with E-state index in [0.717, 1.165) is 16.7 Å². The number of aryl methyl sites for hydroxylation is 3. The SMILES string of the molecule is Cc1cccnc1NC(=O)C(C)Oc1cc(C)c(Cl)c(C)c1. The number of halogens is 1. The molecule has 1 heterocycles. The molecular weight excluding hydrogens is 300 g/mol. The van der Waals surface area contributed by atoms with E-state index in [1.165, 1.54) is 0 Å². The van der Waals surface area contributed by atoms with Crippen LogP contribution in [-0.2, 0) is 4.79 Å². The summed E-state index contributed by atoms with van der Waals surface area (Å²) in [6.07, 6.45) is 1.00. The zero-order valence-corrected chi connectivity index (χ0v) is 13.9. The number of amides is 1. The molecule has 5 heteroatoms. The lowest BCUT2D eigenvalue weighted by Crippen LogP contribution is -2.30. The molecular formula is C17H19ClN2O2. The van der Waals surface area contributed by atoms with E-state index in [2.05, 4.69) is 10.3 Å². The van der Waals surface area contributed by atoms with Gasteiger partial charge in [-0.15, -0.1) is 0 Å². The summed E-state index contributed by atoms with van der Waals surface area (Å²) < 4.78 is 5.71. The fraction of sp³-hybridized carbons (Fsp3) is 0.294. The van der Waals surface area contributed by atoms with Crippen LogP contribution in [0, 0.1) is 20.8 Å². The molecule has 0 fully saturated rings. The molecule has 0 spiro atoms. The Morgan fingerprint density at radius 3 is 2.45 bits per heavy atom. The van der Waals surface area contributed by atoms with Crippen LogP contribution < -0.4 is 10.1 Å². The van der Waals surface area contributed by atoms with Gasteiger partial charge >= 0.3 is 0 Å². The van der Waals surface area contributed by atoms with Crippen LogP contribution in [0.1, 0.15) is 23.6 Å². The molecule has 1 aromatic heterocycles. The number of hydrogen-bond acceptors (Lipinski definition) is 3. The maximum absolute atomic E-state index is 12.2. The topological polar surface area (TPSA) is 51.2 Å². The first kappa shape index (κ1) is 16.3. The lowest BCUT2D eigenvalue weighted by atomic mass is 10.1. The predicted molar refractivity (Wildman–Crippen MR) is 88.6 cm³/mol. The molecule has 22 heavy (non-hydrogen) atoms. The molecule has 0 saturated carbocycles. The second-order valence-corrected chi connectivity index (χ2v) is 5.67. The molecule has 1 atom stereocenters. The van der Waals surface area contributed by atoms with Crippen molar-refractivity contribution in [2.45, 2.75) is 33.8 Å². The Kier molecular flexibility index (Phi) is 5.03. The van der Waals surface area contributed by atoms with Gasteiger partial charge in [0.25, 0.3) is 5.91 Å². The first-order valence-electron chi connectivity index (χ1n) is 7.04. The van der Waals surface area contributed by atoms with E-state index in [1.54, 1.807) is 13.1 Å². The quantitative estimate of drug-likeness (QED) is 0.924. The average Bonchev–Trinajstić information content (AvgIpc) is 2.47. The first-order chi connectivity index (χ1) is 10.4. The lowest BCUT2D eigenvalue weighted by Gasteiger charge is -2.16. The van der Waals surface area contributed by atoms with E-state index >= 15 is 0 Å². The summed E-state index contributed by atoms with van der Waals surface area (Å²) >= 11 is 6.13. The zero-order chi connectivity index (χ0) is 16.3. The van der Waals surface area contributed by atoms with Gasteiger partial charge in [0, 0.05) is 11.2 Å². The maximum Gasteiger partial charge on any atom is 0.266 e. The van der Waals surface area contributed by atoms with Crippen LogP contribution in [0.15, 0.2) is 30.5 Å². The van der Waals surface area contributed by atoms with Crippen molar-refractivity contribution < 1.29 is 9.53 Å². The van der Waals surface area contributed by atoms with E-state index in [9.17, 15) is 4.79 Å². The van der Waals surface area contributed by atoms with Crippen molar-refractivity contribution in [3.63, 3.8) is 0 Å². The minimum Gasteiger partial charge on any atom is -0.481 e. The molecule has 4 nitrogen and oxygen atoms in total. The number of pyridine rings is 1. The number of hydrogen-bond donors (Lipinski definition) is 1. The summed E-state index contributed by atoms with van der Waals surface area (Å²) in [4.78, 5) is 16.3. The number of benzene rings is 1. The van der Waals surface area contributed by atoms with Gasteiger partial charge in [-0.1, -0.05) is 17.7 Å². The third kappa shape index (κ3) is 3.77. The number of aromatic nitrogens is 1. The summed E-state index contributed by atoms with van der Waals surface area (Å²) in [7, 11) is 0. The van der Waals surface area contributed by atoms with Gasteiger partial charge in [0.2, 0.25) is 0 Å². The van der Waals surface area contributed by atoms with Crippen LogP contribution in [0.25, 0.3) is 0 Å². The molecule has 2 rings (SSSR count). The van der Waals surface area contributed by atoms with Gasteiger partial charge in [0.1, 0.15) is 11.6 Å². The molecule has 1 unspecified atom stereocenters. The number of carbonyl (C=O) groups excluding carboxylic acids is 1. The highest BCUT2D eigenvalue weighted by molar-refractivity contribution is 6.32. The third-order valence-electron chi connectivity index (χ3n) is 3.34. The van der Waals surface area contributed by atoms with Crippen molar-refractivity contribution in [1.29, 1.82) is 0 Å². The first-order valence-corrected chi connectivity index (χ1v) is 7.42. The lowest BCUT2D eigenvalue weighted by molar-refractivity contribution is -0.122. The van der Waals surface area contributed by atoms with Crippen LogP contribution in [0.5, 0.6) is 5.75 Å². The Morgan fingerprint density at radius 1 is 1.23 bits per heavy atom. The van der Waals surface area contributed by atoms with Gasteiger partial charge in [0.15, 0.2) is 6.10 Å². The normalized spacial score (nSPS) is 11.9. The number of nitrogens with zero attached hydrogens (tertiary/aromatic N) is 1. The summed E-state index contributed by atoms with van der Waals surface area (Å²) in [5.74, 6) is 0.929. The summed E-state index contributed by atoms with van der Waals surface area (Å²) in [5.41, 5.74) is 2.75. The molecule has 1 aromatic carbocycles. The molecule has 1 amide bonds. The molecule has 0 aliphatic heterocycles. The fourth-order valence-corrected chi connectivity index (χ4v) is 2.18. The molecule has 1 N–H and O–H groups in total. The molecule has 116 valence electrons. The second-order valence-electron chi connectivity index (χ2n) is 5.29. The Bertz CT molecular complexity index is 678. The van der Waals surface area contributed by atoms with Crippen molar-refractivity contribution in [3.8, 4) is 5.75 Å². The van der Waals surface area contributed by atoms with Crippen molar-refractivity contribution in [2.24, 2.45) is 0 Å². The van der Waals surface area contributed by atoms with Crippen LogP contribution in [0.3, 0.4) is 0 Å². The Balaban J connectivity index is 2.07. The van der Waals surface area contributed by atoms with E-state index in [0.29, 0.717) is 16.6 Å². The average molecular weight is 319 g/mol.